The highest BCUT2D eigenvalue weighted by molar-refractivity contribution is 6.32. The number of rotatable bonds is 5. The summed E-state index contributed by atoms with van der Waals surface area (Å²) in [4.78, 5) is 44.2. The van der Waals surface area contributed by atoms with Crippen molar-refractivity contribution in [1.29, 1.82) is 0 Å². The summed E-state index contributed by atoms with van der Waals surface area (Å²) in [5, 5.41) is 6.94. The van der Waals surface area contributed by atoms with Gasteiger partial charge in [-0.1, -0.05) is 66.2 Å². The summed E-state index contributed by atoms with van der Waals surface area (Å²) in [6, 6.07) is 24.5. The molecule has 1 fully saturated rings. The third-order valence-corrected chi connectivity index (χ3v) is 8.99. The lowest BCUT2D eigenvalue weighted by molar-refractivity contribution is 0.0586. The lowest BCUT2D eigenvalue weighted by Gasteiger charge is -2.36. The number of hydrazone groups is 1. The van der Waals surface area contributed by atoms with Gasteiger partial charge < -0.3 is 9.47 Å². The minimum absolute atomic E-state index is 0.276. The molecule has 1 spiro atoms. The van der Waals surface area contributed by atoms with Crippen LogP contribution in [0.3, 0.4) is 0 Å². The fraction of sp³-hybridized carbons (Fsp3) is 0.176. The summed E-state index contributed by atoms with van der Waals surface area (Å²) in [5.74, 6) is -0.927. The number of fused-ring (bicyclic) bond motifs is 5. The lowest BCUT2D eigenvalue weighted by Crippen LogP contribution is -2.43. The maximum Gasteiger partial charge on any atom is 0.187 e. The van der Waals surface area contributed by atoms with E-state index in [9.17, 15) is 14.4 Å². The van der Waals surface area contributed by atoms with E-state index >= 15 is 0 Å². The molecule has 2 aliphatic heterocycles. The van der Waals surface area contributed by atoms with Gasteiger partial charge in [0.15, 0.2) is 28.8 Å². The molecule has 4 aromatic rings. The second-order valence-electron chi connectivity index (χ2n) is 10.6. The molecule has 0 N–H and O–H groups in total. The zero-order valence-electron chi connectivity index (χ0n) is 22.8. The molecule has 3 aliphatic rings. The second kappa shape index (κ2) is 9.67. The van der Waals surface area contributed by atoms with E-state index in [4.69, 9.17) is 26.2 Å². The number of ether oxygens (including phenoxy) is 2. The van der Waals surface area contributed by atoms with Gasteiger partial charge in [-0.15, -0.1) is 0 Å². The Labute approximate surface area is 247 Å². The third kappa shape index (κ3) is 3.46. The van der Waals surface area contributed by atoms with Crippen LogP contribution >= 0.6 is 11.6 Å². The number of hydrogen-bond acceptors (Lipinski definition) is 7. The Morgan fingerprint density at radius 2 is 1.48 bits per heavy atom. The van der Waals surface area contributed by atoms with E-state index in [2.05, 4.69) is 0 Å². The molecular formula is C34H25ClN2O5. The van der Waals surface area contributed by atoms with Crippen LogP contribution in [0.4, 0.5) is 0 Å². The first-order valence-corrected chi connectivity index (χ1v) is 13.9. The van der Waals surface area contributed by atoms with Crippen molar-refractivity contribution in [2.24, 2.45) is 10.5 Å². The van der Waals surface area contributed by atoms with Crippen LogP contribution in [0.15, 0.2) is 96.1 Å². The molecule has 7 nitrogen and oxygen atoms in total. The number of methoxy groups -OCH3 is 2. The van der Waals surface area contributed by atoms with Gasteiger partial charge in [-0.05, 0) is 53.1 Å². The highest BCUT2D eigenvalue weighted by Gasteiger charge is 2.72. The molecule has 1 saturated heterocycles. The Morgan fingerprint density at radius 1 is 0.833 bits per heavy atom. The van der Waals surface area contributed by atoms with E-state index in [0.29, 0.717) is 38.8 Å². The molecule has 42 heavy (non-hydrogen) atoms. The van der Waals surface area contributed by atoms with Crippen molar-refractivity contribution in [3.63, 3.8) is 0 Å². The molecule has 0 aromatic heterocycles. The largest absolute Gasteiger partial charge is 0.493 e. The summed E-state index contributed by atoms with van der Waals surface area (Å²) in [7, 11) is 3.06. The molecule has 0 bridgehead atoms. The van der Waals surface area contributed by atoms with Gasteiger partial charge in [0.1, 0.15) is 11.5 Å². The van der Waals surface area contributed by atoms with E-state index in [1.165, 1.54) is 14.2 Å². The second-order valence-corrected chi connectivity index (χ2v) is 11.1. The Balaban J connectivity index is 1.55. The molecule has 7 rings (SSSR count). The predicted molar refractivity (Wildman–Crippen MR) is 158 cm³/mol. The molecule has 2 heterocycles. The van der Waals surface area contributed by atoms with Crippen molar-refractivity contribution in [3.05, 3.63) is 129 Å². The van der Waals surface area contributed by atoms with E-state index in [1.807, 2.05) is 24.3 Å². The van der Waals surface area contributed by atoms with E-state index < -0.39 is 23.4 Å². The zero-order chi connectivity index (χ0) is 29.2. The van der Waals surface area contributed by atoms with Crippen LogP contribution in [0.5, 0.6) is 11.5 Å². The lowest BCUT2D eigenvalue weighted by atomic mass is 9.63. The fourth-order valence-electron chi connectivity index (χ4n) is 6.98. The van der Waals surface area contributed by atoms with Gasteiger partial charge in [0.2, 0.25) is 0 Å². The van der Waals surface area contributed by atoms with Crippen LogP contribution in [0.2, 0.25) is 5.02 Å². The van der Waals surface area contributed by atoms with E-state index in [0.717, 1.165) is 11.1 Å². The molecule has 208 valence electrons. The average molecular weight is 577 g/mol. The van der Waals surface area contributed by atoms with Crippen LogP contribution < -0.4 is 9.47 Å². The number of hydrogen-bond donors (Lipinski definition) is 0. The minimum atomic E-state index is -1.68. The molecular weight excluding hydrogens is 552 g/mol. The molecule has 8 heteroatoms. The first-order valence-electron chi connectivity index (χ1n) is 13.5. The molecule has 0 amide bonds. The Hall–Kier alpha value is -4.75. The van der Waals surface area contributed by atoms with Gasteiger partial charge in [-0.3, -0.25) is 19.4 Å². The summed E-state index contributed by atoms with van der Waals surface area (Å²) in [6.07, 6.45) is 1.69. The summed E-state index contributed by atoms with van der Waals surface area (Å²) in [5.41, 5.74) is 1.56. The highest BCUT2D eigenvalue weighted by Crippen LogP contribution is 2.65. The molecule has 1 aliphatic carbocycles. The number of nitrogens with zero attached hydrogens (tertiary/aromatic N) is 2. The zero-order valence-corrected chi connectivity index (χ0v) is 23.5. The first-order chi connectivity index (χ1) is 20.4. The fourth-order valence-corrected chi connectivity index (χ4v) is 7.11. The summed E-state index contributed by atoms with van der Waals surface area (Å²) < 4.78 is 11.1. The van der Waals surface area contributed by atoms with Crippen LogP contribution in [0.1, 0.15) is 59.7 Å². The Kier molecular flexibility index (Phi) is 6.02. The van der Waals surface area contributed by atoms with Gasteiger partial charge in [0.05, 0.1) is 26.5 Å². The number of benzene rings is 4. The number of ketones is 3. The van der Waals surface area contributed by atoms with Crippen LogP contribution in [0.25, 0.3) is 0 Å². The molecule has 0 radical (unpaired) electrons. The van der Waals surface area contributed by atoms with Crippen molar-refractivity contribution >= 4 is 35.2 Å². The standard InChI is InChI=1S/C34H25ClN2O5/c1-41-26-16-13-20(17-27(26)42-2)28-29(30(38)19-11-14-22(35)15-12-19)37-31(23-8-4-3-7-21(23)18-36-37)34(28)32(39)24-9-5-6-10-25(24)33(34)40/h3-18,28-29,31H,1-2H3/t28-,29+,31?/m1/s1. The molecule has 0 saturated carbocycles. The predicted octanol–water partition coefficient (Wildman–Crippen LogP) is 6.16. The molecule has 4 aromatic carbocycles. The number of Topliss-reactive ketones (excluding diaryl/α,β-unsaturated/α-hetero) is 3. The topological polar surface area (TPSA) is 85.3 Å². The maximum absolute atomic E-state index is 14.8. The quantitative estimate of drug-likeness (QED) is 0.209. The van der Waals surface area contributed by atoms with Crippen molar-refractivity contribution in [2.45, 2.75) is 18.0 Å². The maximum atomic E-state index is 14.8. The third-order valence-electron chi connectivity index (χ3n) is 8.74. The van der Waals surface area contributed by atoms with Crippen LogP contribution in [-0.4, -0.2) is 48.8 Å². The SMILES string of the molecule is COc1ccc([C@@H]2[C@@H](C(=O)c3ccc(Cl)cc3)N3N=Cc4ccccc4C3C23C(=O)c2ccccc2C3=O)cc1OC. The van der Waals surface area contributed by atoms with Crippen LogP contribution in [0, 0.1) is 5.41 Å². The Bertz CT molecular complexity index is 1780. The van der Waals surface area contributed by atoms with Gasteiger partial charge in [0, 0.05) is 27.6 Å². The van der Waals surface area contributed by atoms with Crippen molar-refractivity contribution in [1.82, 2.24) is 5.01 Å². The van der Waals surface area contributed by atoms with Gasteiger partial charge in [-0.2, -0.15) is 5.10 Å². The Morgan fingerprint density at radius 3 is 2.14 bits per heavy atom. The van der Waals surface area contributed by atoms with Crippen molar-refractivity contribution < 1.29 is 23.9 Å². The number of halogens is 1. The van der Waals surface area contributed by atoms with Gasteiger partial charge >= 0.3 is 0 Å². The molecule has 3 atom stereocenters. The molecule has 1 unspecified atom stereocenters. The monoisotopic (exact) mass is 576 g/mol. The van der Waals surface area contributed by atoms with Gasteiger partial charge in [0.25, 0.3) is 0 Å². The first kappa shape index (κ1) is 26.2. The normalized spacial score (nSPS) is 21.2. The number of carbonyl (C=O) groups is 3. The van der Waals surface area contributed by atoms with Crippen molar-refractivity contribution in [2.75, 3.05) is 14.2 Å². The summed E-state index contributed by atoms with van der Waals surface area (Å²) in [6.45, 7) is 0. The van der Waals surface area contributed by atoms with Crippen LogP contribution in [-0.2, 0) is 0 Å². The van der Waals surface area contributed by atoms with E-state index in [1.54, 1.807) is 78.0 Å². The smallest absolute Gasteiger partial charge is 0.187 e. The van der Waals surface area contributed by atoms with E-state index in [-0.39, 0.29) is 17.3 Å². The van der Waals surface area contributed by atoms with Gasteiger partial charge in [-0.25, -0.2) is 0 Å². The number of carbonyl (C=O) groups excluding carboxylic acids is 3. The average Bonchev–Trinajstić information content (AvgIpc) is 3.46. The van der Waals surface area contributed by atoms with Crippen molar-refractivity contribution in [3.8, 4) is 11.5 Å². The highest BCUT2D eigenvalue weighted by atomic mass is 35.5. The summed E-state index contributed by atoms with van der Waals surface area (Å²) >= 11 is 6.16. The minimum Gasteiger partial charge on any atom is -0.493 e.